The van der Waals surface area contributed by atoms with Gasteiger partial charge >= 0.3 is 0 Å². The van der Waals surface area contributed by atoms with Crippen LogP contribution < -0.4 is 5.73 Å². The molecule has 92 valence electrons. The number of nitrogens with two attached hydrogens (primary N) is 1. The van der Waals surface area contributed by atoms with Crippen LogP contribution in [0.15, 0.2) is 12.1 Å². The molecule has 1 aromatic heterocycles. The van der Waals surface area contributed by atoms with Crippen LogP contribution in [-0.2, 0) is 0 Å². The van der Waals surface area contributed by atoms with E-state index in [1.807, 2.05) is 24.8 Å². The highest BCUT2D eigenvalue weighted by Crippen LogP contribution is 2.19. The minimum absolute atomic E-state index is 0.0819. The number of nitrogens with zero attached hydrogens (tertiary/aromatic N) is 2. The lowest BCUT2D eigenvalue weighted by molar-refractivity contribution is 0.0792. The van der Waals surface area contributed by atoms with Crippen molar-refractivity contribution >= 4 is 11.7 Å². The van der Waals surface area contributed by atoms with Gasteiger partial charge in [-0.25, -0.2) is 4.98 Å². The quantitative estimate of drug-likeness (QED) is 0.850. The second-order valence-electron chi connectivity index (χ2n) is 4.86. The lowest BCUT2D eigenvalue weighted by Crippen LogP contribution is -2.27. The zero-order valence-electron chi connectivity index (χ0n) is 10.4. The van der Waals surface area contributed by atoms with Gasteiger partial charge in [-0.1, -0.05) is 13.8 Å². The minimum Gasteiger partial charge on any atom is -0.384 e. The maximum Gasteiger partial charge on any atom is 0.254 e. The van der Waals surface area contributed by atoms with Crippen LogP contribution in [0, 0.1) is 0 Å². The van der Waals surface area contributed by atoms with E-state index in [1.54, 1.807) is 6.07 Å². The zero-order chi connectivity index (χ0) is 12.4. The van der Waals surface area contributed by atoms with E-state index in [2.05, 4.69) is 4.98 Å². The number of amides is 1. The Morgan fingerprint density at radius 1 is 1.35 bits per heavy atom. The summed E-state index contributed by atoms with van der Waals surface area (Å²) in [6.45, 7) is 5.81. The Hall–Kier alpha value is -1.58. The first-order chi connectivity index (χ1) is 8.08. The molecule has 1 fully saturated rings. The minimum atomic E-state index is 0.0819. The molecule has 1 amide bonds. The number of rotatable bonds is 2. The van der Waals surface area contributed by atoms with Gasteiger partial charge in [0.1, 0.15) is 5.82 Å². The summed E-state index contributed by atoms with van der Waals surface area (Å²) in [5.74, 6) is 0.792. The normalized spacial score (nSPS) is 15.6. The first-order valence-corrected chi connectivity index (χ1v) is 6.14. The molecule has 1 saturated heterocycles. The van der Waals surface area contributed by atoms with Gasteiger partial charge in [0.25, 0.3) is 5.91 Å². The van der Waals surface area contributed by atoms with Gasteiger partial charge in [-0.05, 0) is 30.9 Å². The number of hydrogen-bond donors (Lipinski definition) is 1. The Morgan fingerprint density at radius 3 is 2.59 bits per heavy atom. The molecule has 0 saturated carbocycles. The van der Waals surface area contributed by atoms with Gasteiger partial charge in [0.15, 0.2) is 0 Å². The van der Waals surface area contributed by atoms with Crippen molar-refractivity contribution in [3.8, 4) is 0 Å². The van der Waals surface area contributed by atoms with Crippen molar-refractivity contribution in [2.45, 2.75) is 32.6 Å². The van der Waals surface area contributed by atoms with Crippen LogP contribution in [0.1, 0.15) is 48.7 Å². The number of aromatic nitrogens is 1. The van der Waals surface area contributed by atoms with Crippen molar-refractivity contribution in [3.05, 3.63) is 23.4 Å². The lowest BCUT2D eigenvalue weighted by Gasteiger charge is -2.16. The van der Waals surface area contributed by atoms with Gasteiger partial charge in [-0.3, -0.25) is 4.79 Å². The summed E-state index contributed by atoms with van der Waals surface area (Å²) in [5.41, 5.74) is 7.30. The van der Waals surface area contributed by atoms with Gasteiger partial charge in [0.2, 0.25) is 0 Å². The van der Waals surface area contributed by atoms with E-state index in [9.17, 15) is 4.79 Å². The Bertz CT molecular complexity index is 423. The van der Waals surface area contributed by atoms with Crippen molar-refractivity contribution in [3.63, 3.8) is 0 Å². The summed E-state index contributed by atoms with van der Waals surface area (Å²) in [4.78, 5) is 18.4. The predicted octanol–water partition coefficient (Wildman–Crippen LogP) is 2.02. The van der Waals surface area contributed by atoms with Crippen molar-refractivity contribution in [1.82, 2.24) is 9.88 Å². The fraction of sp³-hybridized carbons (Fsp3) is 0.538. The van der Waals surface area contributed by atoms with Gasteiger partial charge in [0, 0.05) is 24.3 Å². The van der Waals surface area contributed by atoms with E-state index in [0.29, 0.717) is 11.4 Å². The molecule has 2 rings (SSSR count). The molecule has 0 bridgehead atoms. The topological polar surface area (TPSA) is 59.2 Å². The molecule has 0 aromatic carbocycles. The molecule has 2 heterocycles. The number of carbonyl (C=O) groups is 1. The van der Waals surface area contributed by atoms with E-state index < -0.39 is 0 Å². The molecule has 17 heavy (non-hydrogen) atoms. The van der Waals surface area contributed by atoms with Crippen LogP contribution in [0.4, 0.5) is 5.82 Å². The van der Waals surface area contributed by atoms with Gasteiger partial charge in [-0.2, -0.15) is 0 Å². The average molecular weight is 233 g/mol. The van der Waals surface area contributed by atoms with Crippen LogP contribution >= 0.6 is 0 Å². The fourth-order valence-electron chi connectivity index (χ4n) is 2.10. The first kappa shape index (κ1) is 11.9. The summed E-state index contributed by atoms with van der Waals surface area (Å²) >= 11 is 0. The first-order valence-electron chi connectivity index (χ1n) is 6.14. The third-order valence-corrected chi connectivity index (χ3v) is 3.10. The van der Waals surface area contributed by atoms with Crippen molar-refractivity contribution in [2.24, 2.45) is 0 Å². The van der Waals surface area contributed by atoms with E-state index in [1.165, 1.54) is 0 Å². The number of likely N-dealkylation sites (tertiary alicyclic amines) is 1. The number of pyridine rings is 1. The van der Waals surface area contributed by atoms with Crippen molar-refractivity contribution in [1.29, 1.82) is 0 Å². The fourth-order valence-corrected chi connectivity index (χ4v) is 2.10. The molecular weight excluding hydrogens is 214 g/mol. The van der Waals surface area contributed by atoms with Gasteiger partial charge in [-0.15, -0.1) is 0 Å². The molecule has 0 aliphatic carbocycles. The van der Waals surface area contributed by atoms with E-state index >= 15 is 0 Å². The van der Waals surface area contributed by atoms with Crippen molar-refractivity contribution in [2.75, 3.05) is 18.8 Å². The SMILES string of the molecule is CC(C)c1cc(C(=O)N2CCCC2)cc(N)n1. The van der Waals surface area contributed by atoms with E-state index in [-0.39, 0.29) is 11.8 Å². The Labute approximate surface area is 102 Å². The van der Waals surface area contributed by atoms with Crippen LogP contribution in [0.25, 0.3) is 0 Å². The maximum absolute atomic E-state index is 12.2. The Morgan fingerprint density at radius 2 is 2.00 bits per heavy atom. The standard InChI is InChI=1S/C13H19N3O/c1-9(2)11-7-10(8-12(14)15-11)13(17)16-5-3-4-6-16/h7-9H,3-6H2,1-2H3,(H2,14,15). The molecule has 4 heteroatoms. The molecule has 4 nitrogen and oxygen atoms in total. The van der Waals surface area contributed by atoms with Crippen LogP contribution in [0.2, 0.25) is 0 Å². The monoisotopic (exact) mass is 233 g/mol. The van der Waals surface area contributed by atoms with Crippen molar-refractivity contribution < 1.29 is 4.79 Å². The predicted molar refractivity (Wildman–Crippen MR) is 67.9 cm³/mol. The number of hydrogen-bond acceptors (Lipinski definition) is 3. The molecule has 1 aliphatic heterocycles. The van der Waals surface area contributed by atoms with Crippen LogP contribution in [-0.4, -0.2) is 28.9 Å². The molecule has 1 aliphatic rings. The summed E-state index contributed by atoms with van der Waals surface area (Å²) in [6, 6.07) is 3.54. The molecular formula is C13H19N3O. The highest BCUT2D eigenvalue weighted by atomic mass is 16.2. The van der Waals surface area contributed by atoms with E-state index in [4.69, 9.17) is 5.73 Å². The molecule has 0 atom stereocenters. The van der Waals surface area contributed by atoms with Crippen LogP contribution in [0.5, 0.6) is 0 Å². The highest BCUT2D eigenvalue weighted by molar-refractivity contribution is 5.95. The number of nitrogen functional groups attached to an aromatic ring is 1. The lowest BCUT2D eigenvalue weighted by atomic mass is 10.1. The summed E-state index contributed by atoms with van der Waals surface area (Å²) in [5, 5.41) is 0. The van der Waals surface area contributed by atoms with Gasteiger partial charge < -0.3 is 10.6 Å². The Balaban J connectivity index is 2.28. The summed E-state index contributed by atoms with van der Waals surface area (Å²) in [7, 11) is 0. The summed E-state index contributed by atoms with van der Waals surface area (Å²) < 4.78 is 0. The molecule has 0 radical (unpaired) electrons. The Kier molecular flexibility index (Phi) is 3.31. The third kappa shape index (κ3) is 2.57. The smallest absolute Gasteiger partial charge is 0.254 e. The average Bonchev–Trinajstić information content (AvgIpc) is 2.80. The largest absolute Gasteiger partial charge is 0.384 e. The second-order valence-corrected chi connectivity index (χ2v) is 4.86. The number of anilines is 1. The summed E-state index contributed by atoms with van der Waals surface area (Å²) in [6.07, 6.45) is 2.20. The van der Waals surface area contributed by atoms with Gasteiger partial charge in [0.05, 0.1) is 0 Å². The third-order valence-electron chi connectivity index (χ3n) is 3.10. The van der Waals surface area contributed by atoms with Crippen LogP contribution in [0.3, 0.4) is 0 Å². The maximum atomic E-state index is 12.2. The number of carbonyl (C=O) groups excluding carboxylic acids is 1. The zero-order valence-corrected chi connectivity index (χ0v) is 10.4. The molecule has 0 spiro atoms. The molecule has 0 unspecified atom stereocenters. The van der Waals surface area contributed by atoms with E-state index in [0.717, 1.165) is 31.6 Å². The highest BCUT2D eigenvalue weighted by Gasteiger charge is 2.20. The molecule has 1 aromatic rings. The second kappa shape index (κ2) is 4.73. The molecule has 2 N–H and O–H groups in total.